The molecule has 1 N–H and O–H groups in total. The van der Waals surface area contributed by atoms with Gasteiger partial charge in [-0.25, -0.2) is 25.0 Å². The lowest BCUT2D eigenvalue weighted by atomic mass is 10.0. The fraction of sp³-hybridized carbons (Fsp3) is 0.185. The van der Waals surface area contributed by atoms with E-state index < -0.39 is 24.1 Å². The van der Waals surface area contributed by atoms with E-state index >= 15 is 0 Å². The van der Waals surface area contributed by atoms with E-state index in [9.17, 15) is 14.4 Å². The van der Waals surface area contributed by atoms with Crippen LogP contribution < -0.4 is 5.43 Å². The number of carbonyl (C=O) groups excluding carboxylic acids is 3. The maximum atomic E-state index is 13.1. The normalized spacial score (nSPS) is 11.8. The number of carbonyl (C=O) groups is 3. The monoisotopic (exact) mass is 507 g/mol. The third-order valence-electron chi connectivity index (χ3n) is 5.01. The fourth-order valence-electron chi connectivity index (χ4n) is 3.28. The predicted octanol–water partition coefficient (Wildman–Crippen LogP) is 5.54. The van der Waals surface area contributed by atoms with Gasteiger partial charge in [0.1, 0.15) is 13.2 Å². The number of halogens is 1. The first kappa shape index (κ1) is 26.4. The molecule has 0 fully saturated rings. The van der Waals surface area contributed by atoms with Gasteiger partial charge in [-0.05, 0) is 35.7 Å². The molecule has 36 heavy (non-hydrogen) atoms. The topological polar surface area (TPSA) is 97.3 Å². The minimum atomic E-state index is -0.917. The van der Waals surface area contributed by atoms with Crippen molar-refractivity contribution in [2.24, 2.45) is 4.99 Å². The highest BCUT2D eigenvalue weighted by molar-refractivity contribution is 6.31. The molecular weight excluding hydrogens is 482 g/mol. The summed E-state index contributed by atoms with van der Waals surface area (Å²) in [5, 5.41) is 1.36. The molecule has 0 saturated carbocycles. The van der Waals surface area contributed by atoms with Gasteiger partial charge in [0.15, 0.2) is 0 Å². The highest BCUT2D eigenvalue weighted by atomic mass is 35.5. The van der Waals surface area contributed by atoms with Crippen LogP contribution >= 0.6 is 11.6 Å². The van der Waals surface area contributed by atoms with E-state index in [4.69, 9.17) is 21.1 Å². The van der Waals surface area contributed by atoms with Gasteiger partial charge >= 0.3 is 12.2 Å². The standard InChI is InChI=1S/C27H26ClN3O5/c1-19(25(29-20(2)32)23-14-9-15-24(28)16-23)31(27(34)36-18-22-12-7-4-8-13-22)30-26(33)35-17-21-10-5-3-6-11-21/h3-16,19H,17-18H2,1-2H3,(H,30,33). The number of nitrogens with zero attached hydrogens (tertiary/aromatic N) is 2. The molecule has 0 spiro atoms. The number of aliphatic imine (C=N–C) groups is 1. The molecule has 8 nitrogen and oxygen atoms in total. The molecule has 0 aliphatic heterocycles. The number of hydrogen-bond acceptors (Lipinski definition) is 5. The van der Waals surface area contributed by atoms with Gasteiger partial charge in [0.25, 0.3) is 0 Å². The van der Waals surface area contributed by atoms with Gasteiger partial charge in [-0.3, -0.25) is 4.79 Å². The van der Waals surface area contributed by atoms with Crippen molar-refractivity contribution < 1.29 is 23.9 Å². The molecule has 3 amide bonds. The summed E-state index contributed by atoms with van der Waals surface area (Å²) in [6.07, 6.45) is -1.74. The van der Waals surface area contributed by atoms with Crippen LogP contribution in [0.15, 0.2) is 89.9 Å². The van der Waals surface area contributed by atoms with Crippen LogP contribution in [0.5, 0.6) is 0 Å². The van der Waals surface area contributed by atoms with Crippen molar-refractivity contribution in [1.29, 1.82) is 0 Å². The molecule has 0 aliphatic carbocycles. The van der Waals surface area contributed by atoms with Crippen LogP contribution in [0.1, 0.15) is 30.5 Å². The molecule has 0 heterocycles. The summed E-state index contributed by atoms with van der Waals surface area (Å²) in [6, 6.07) is 24.0. The van der Waals surface area contributed by atoms with E-state index in [-0.39, 0.29) is 18.9 Å². The molecule has 1 unspecified atom stereocenters. The summed E-state index contributed by atoms with van der Waals surface area (Å²) in [5.74, 6) is -0.485. The molecular formula is C27H26ClN3O5. The third-order valence-corrected chi connectivity index (χ3v) is 5.24. The Morgan fingerprint density at radius 1 is 0.889 bits per heavy atom. The predicted molar refractivity (Wildman–Crippen MR) is 136 cm³/mol. The maximum absolute atomic E-state index is 13.1. The maximum Gasteiger partial charge on any atom is 0.429 e. The number of rotatable bonds is 7. The first-order valence-corrected chi connectivity index (χ1v) is 11.5. The molecule has 3 aromatic carbocycles. The van der Waals surface area contributed by atoms with Crippen LogP contribution in [-0.2, 0) is 27.5 Å². The van der Waals surface area contributed by atoms with Crippen molar-refractivity contribution in [1.82, 2.24) is 10.4 Å². The molecule has 1 atom stereocenters. The van der Waals surface area contributed by atoms with E-state index in [1.165, 1.54) is 6.92 Å². The molecule has 0 bridgehead atoms. The zero-order valence-electron chi connectivity index (χ0n) is 19.9. The minimum Gasteiger partial charge on any atom is -0.443 e. The Kier molecular flexibility index (Phi) is 9.59. The Bertz CT molecular complexity index is 1220. The fourth-order valence-corrected chi connectivity index (χ4v) is 3.47. The molecule has 0 aliphatic rings. The lowest BCUT2D eigenvalue weighted by molar-refractivity contribution is -0.115. The SMILES string of the molecule is CC(=O)N=C(c1cccc(Cl)c1)C(C)N(NC(=O)OCc1ccccc1)C(=O)OCc1ccccc1. The molecule has 0 saturated heterocycles. The molecule has 9 heteroatoms. The van der Waals surface area contributed by atoms with Crippen LogP contribution in [0.4, 0.5) is 9.59 Å². The second-order valence-corrected chi connectivity index (χ2v) is 8.22. The van der Waals surface area contributed by atoms with Gasteiger partial charge in [0.05, 0.1) is 11.8 Å². The van der Waals surface area contributed by atoms with Crippen LogP contribution in [-0.4, -0.2) is 34.9 Å². The Labute approximate surface area is 214 Å². The van der Waals surface area contributed by atoms with Crippen molar-refractivity contribution in [3.05, 3.63) is 107 Å². The van der Waals surface area contributed by atoms with E-state index in [1.54, 1.807) is 55.5 Å². The lowest BCUT2D eigenvalue weighted by Gasteiger charge is -2.29. The summed E-state index contributed by atoms with van der Waals surface area (Å²) < 4.78 is 10.7. The first-order valence-electron chi connectivity index (χ1n) is 11.2. The van der Waals surface area contributed by atoms with E-state index in [2.05, 4.69) is 10.4 Å². The highest BCUT2D eigenvalue weighted by Gasteiger charge is 2.29. The molecule has 0 aromatic heterocycles. The quantitative estimate of drug-likeness (QED) is 0.334. The number of amides is 3. The summed E-state index contributed by atoms with van der Waals surface area (Å²) in [6.45, 7) is 2.86. The average molecular weight is 508 g/mol. The Morgan fingerprint density at radius 3 is 2.03 bits per heavy atom. The van der Waals surface area contributed by atoms with Gasteiger partial charge in [0.2, 0.25) is 5.91 Å². The van der Waals surface area contributed by atoms with Crippen LogP contribution in [0.2, 0.25) is 5.02 Å². The van der Waals surface area contributed by atoms with Crippen molar-refractivity contribution in [3.8, 4) is 0 Å². The third kappa shape index (κ3) is 7.95. The van der Waals surface area contributed by atoms with E-state index in [0.29, 0.717) is 10.6 Å². The largest absolute Gasteiger partial charge is 0.443 e. The van der Waals surface area contributed by atoms with Gasteiger partial charge < -0.3 is 9.47 Å². The second-order valence-electron chi connectivity index (χ2n) is 7.79. The van der Waals surface area contributed by atoms with Crippen LogP contribution in [0.3, 0.4) is 0 Å². The average Bonchev–Trinajstić information content (AvgIpc) is 2.88. The van der Waals surface area contributed by atoms with E-state index in [1.807, 2.05) is 36.4 Å². The van der Waals surface area contributed by atoms with Crippen molar-refractivity contribution in [3.63, 3.8) is 0 Å². The molecule has 0 radical (unpaired) electrons. The molecule has 3 aromatic rings. The number of hydrogen-bond donors (Lipinski definition) is 1. The van der Waals surface area contributed by atoms with Gasteiger partial charge in [0, 0.05) is 11.9 Å². The second kappa shape index (κ2) is 13.1. The zero-order valence-corrected chi connectivity index (χ0v) is 20.6. The summed E-state index contributed by atoms with van der Waals surface area (Å²) >= 11 is 6.14. The van der Waals surface area contributed by atoms with Gasteiger partial charge in [-0.2, -0.15) is 0 Å². The van der Waals surface area contributed by atoms with Crippen LogP contribution in [0.25, 0.3) is 0 Å². The van der Waals surface area contributed by atoms with Crippen molar-refractivity contribution >= 4 is 35.4 Å². The number of nitrogens with one attached hydrogen (secondary N) is 1. The van der Waals surface area contributed by atoms with Crippen molar-refractivity contribution in [2.45, 2.75) is 33.1 Å². The zero-order chi connectivity index (χ0) is 25.9. The Balaban J connectivity index is 1.84. The van der Waals surface area contributed by atoms with Gasteiger partial charge in [-0.15, -0.1) is 0 Å². The van der Waals surface area contributed by atoms with Gasteiger partial charge in [-0.1, -0.05) is 84.4 Å². The number of hydrazine groups is 1. The highest BCUT2D eigenvalue weighted by Crippen LogP contribution is 2.17. The van der Waals surface area contributed by atoms with E-state index in [0.717, 1.165) is 16.1 Å². The summed E-state index contributed by atoms with van der Waals surface area (Å²) in [4.78, 5) is 41.8. The molecule has 3 rings (SSSR count). The van der Waals surface area contributed by atoms with Crippen molar-refractivity contribution in [2.75, 3.05) is 0 Å². The summed E-state index contributed by atoms with van der Waals surface area (Å²) in [5.41, 5.74) is 4.69. The molecule has 186 valence electrons. The Morgan fingerprint density at radius 2 is 1.47 bits per heavy atom. The first-order chi connectivity index (χ1) is 17.3. The number of benzene rings is 3. The van der Waals surface area contributed by atoms with Crippen LogP contribution in [0, 0.1) is 0 Å². The lowest BCUT2D eigenvalue weighted by Crippen LogP contribution is -2.54. The Hall–Kier alpha value is -4.17. The summed E-state index contributed by atoms with van der Waals surface area (Å²) in [7, 11) is 0. The minimum absolute atomic E-state index is 0.00333. The smallest absolute Gasteiger partial charge is 0.429 e. The number of ether oxygens (including phenoxy) is 2.